The van der Waals surface area contributed by atoms with Gasteiger partial charge in [-0.1, -0.05) is 113 Å². The summed E-state index contributed by atoms with van der Waals surface area (Å²) in [6, 6.07) is 19.6. The number of ketones is 1. The van der Waals surface area contributed by atoms with Crippen molar-refractivity contribution >= 4 is 27.5 Å². The van der Waals surface area contributed by atoms with E-state index in [-0.39, 0.29) is 37.1 Å². The van der Waals surface area contributed by atoms with Gasteiger partial charge in [-0.25, -0.2) is 4.98 Å². The molecule has 0 aliphatic heterocycles. The summed E-state index contributed by atoms with van der Waals surface area (Å²) in [5, 5.41) is 13.3. The van der Waals surface area contributed by atoms with Crippen LogP contribution in [0.25, 0.3) is 32.9 Å². The van der Waals surface area contributed by atoms with E-state index >= 15 is 0 Å². The smallest absolute Gasteiger partial charge is 0.164 e. The van der Waals surface area contributed by atoms with Crippen LogP contribution in [0.5, 0.6) is 0 Å². The monoisotopic (exact) mass is 840 g/mol. The fraction of sp³-hybridized carbons (Fsp3) is 0.523. The van der Waals surface area contributed by atoms with Crippen molar-refractivity contribution in [2.75, 3.05) is 0 Å². The number of benzene rings is 3. The van der Waals surface area contributed by atoms with Crippen molar-refractivity contribution in [1.82, 2.24) is 9.97 Å². The predicted octanol–water partition coefficient (Wildman–Crippen LogP) is 12.1. The van der Waals surface area contributed by atoms with E-state index in [1.54, 1.807) is 0 Å². The maximum atomic E-state index is 11.5. The van der Waals surface area contributed by atoms with Crippen LogP contribution in [0, 0.1) is 35.7 Å². The molecule has 49 heavy (non-hydrogen) atoms. The van der Waals surface area contributed by atoms with E-state index in [0.717, 1.165) is 40.8 Å². The molecule has 0 amide bonds. The van der Waals surface area contributed by atoms with Crippen LogP contribution in [-0.2, 0) is 37.7 Å². The summed E-state index contributed by atoms with van der Waals surface area (Å²) < 4.78 is 0. The molecule has 0 saturated heterocycles. The van der Waals surface area contributed by atoms with E-state index in [9.17, 15) is 9.90 Å². The third-order valence-corrected chi connectivity index (χ3v) is 9.24. The first-order valence-corrected chi connectivity index (χ1v) is 18.1. The standard InChI is InChI=1S/C33H39N2.C11H20O2.Ir/c1-21(2)16-24-18-27-14-15-30-32(28-13-9-12-26(20-28)25-10-7-6-8-11-25)34-23(5)35-33(30)31(27)29(19-24)17-22(3)4;1-10(2,3)8(12)7-9(13)11(4,5)6;/h9,12,14-15,18-22,25H,6-8,10-11,16-17H2,1-5H3;7,12H,1-6H3;/q-1;;/b;8-7-;. The van der Waals surface area contributed by atoms with Crippen LogP contribution in [0.15, 0.2) is 54.3 Å². The zero-order valence-corrected chi connectivity index (χ0v) is 34.3. The first-order valence-electron chi connectivity index (χ1n) is 18.1. The first kappa shape index (κ1) is 40.5. The molecule has 0 bridgehead atoms. The first-order chi connectivity index (χ1) is 22.4. The molecule has 0 unspecified atom stereocenters. The number of rotatable bonds is 7. The van der Waals surface area contributed by atoms with E-state index in [1.807, 2.05) is 48.5 Å². The quantitative estimate of drug-likeness (QED) is 0.0871. The minimum absolute atomic E-state index is 0. The summed E-state index contributed by atoms with van der Waals surface area (Å²) in [4.78, 5) is 21.5. The van der Waals surface area contributed by atoms with Gasteiger partial charge in [0.1, 0.15) is 11.6 Å². The average Bonchev–Trinajstić information content (AvgIpc) is 2.99. The van der Waals surface area contributed by atoms with Crippen LogP contribution in [-0.4, -0.2) is 20.9 Å². The Morgan fingerprint density at radius 3 is 2.14 bits per heavy atom. The molecule has 1 aliphatic rings. The van der Waals surface area contributed by atoms with Crippen LogP contribution in [0.4, 0.5) is 0 Å². The normalized spacial score (nSPS) is 14.6. The Morgan fingerprint density at radius 2 is 1.55 bits per heavy atom. The fourth-order valence-corrected chi connectivity index (χ4v) is 6.58. The summed E-state index contributed by atoms with van der Waals surface area (Å²) in [5.74, 6) is 2.84. The number of aliphatic hydroxyl groups excluding tert-OH is 1. The molecule has 5 rings (SSSR count). The van der Waals surface area contributed by atoms with Crippen molar-refractivity contribution in [2.45, 2.75) is 127 Å². The van der Waals surface area contributed by atoms with Crippen molar-refractivity contribution in [3.63, 3.8) is 0 Å². The molecule has 1 saturated carbocycles. The van der Waals surface area contributed by atoms with Crippen LogP contribution in [0.3, 0.4) is 0 Å². The topological polar surface area (TPSA) is 63.1 Å². The number of aromatic nitrogens is 2. The molecular weight excluding hydrogens is 781 g/mol. The van der Waals surface area contributed by atoms with Gasteiger partial charge in [-0.05, 0) is 78.0 Å². The number of aryl methyl sites for hydroxylation is 1. The molecular formula is C44H59IrN2O2-. The summed E-state index contributed by atoms with van der Waals surface area (Å²) in [6.07, 6.45) is 10.2. The molecule has 267 valence electrons. The van der Waals surface area contributed by atoms with E-state index < -0.39 is 5.41 Å². The largest absolute Gasteiger partial charge is 0.512 e. The third kappa shape index (κ3) is 10.8. The van der Waals surface area contributed by atoms with Crippen molar-refractivity contribution in [3.8, 4) is 11.3 Å². The van der Waals surface area contributed by atoms with Crippen molar-refractivity contribution in [1.29, 1.82) is 0 Å². The van der Waals surface area contributed by atoms with Crippen LogP contribution < -0.4 is 0 Å². The van der Waals surface area contributed by atoms with Gasteiger partial charge in [0.05, 0.1) is 5.52 Å². The number of aliphatic hydroxyl groups is 1. The number of allylic oxidation sites excluding steroid dienone is 2. The Balaban J connectivity index is 0.000000398. The van der Waals surface area contributed by atoms with E-state index in [2.05, 4.69) is 76.2 Å². The van der Waals surface area contributed by atoms with Gasteiger partial charge in [0, 0.05) is 42.4 Å². The second kappa shape index (κ2) is 16.9. The number of carbonyl (C=O) groups is 1. The van der Waals surface area contributed by atoms with Gasteiger partial charge >= 0.3 is 0 Å². The van der Waals surface area contributed by atoms with Crippen LogP contribution in [0.2, 0.25) is 0 Å². The minimum atomic E-state index is -0.417. The van der Waals surface area contributed by atoms with Gasteiger partial charge < -0.3 is 5.11 Å². The van der Waals surface area contributed by atoms with Crippen LogP contribution >= 0.6 is 0 Å². The Kier molecular flexibility index (Phi) is 14.0. The number of hydrogen-bond donors (Lipinski definition) is 1. The fourth-order valence-electron chi connectivity index (χ4n) is 6.58. The molecule has 1 heterocycles. The summed E-state index contributed by atoms with van der Waals surface area (Å²) in [6.45, 7) is 22.4. The Labute approximate surface area is 310 Å². The van der Waals surface area contributed by atoms with Crippen molar-refractivity contribution in [2.24, 2.45) is 22.7 Å². The SMILES string of the molecule is CC(C)(C)C(=O)/C=C(\O)C(C)(C)C.Cc1nc(-c2[c-]ccc(C3CCCCC3)c2)c2ccc3cc(CC(C)C)cc(CC(C)C)c3c2n1.[Ir]. The molecule has 0 spiro atoms. The molecule has 0 atom stereocenters. The molecule has 4 aromatic rings. The molecule has 1 N–H and O–H groups in total. The Hall–Kier alpha value is -2.88. The molecule has 1 aliphatic carbocycles. The van der Waals surface area contributed by atoms with E-state index in [0.29, 0.717) is 17.8 Å². The number of carbonyl (C=O) groups excluding carboxylic acids is 1. The van der Waals surface area contributed by atoms with Gasteiger partial charge in [-0.15, -0.1) is 35.4 Å². The second-order valence-corrected chi connectivity index (χ2v) is 16.9. The molecule has 1 radical (unpaired) electrons. The Bertz CT molecular complexity index is 1770. The third-order valence-electron chi connectivity index (χ3n) is 9.24. The predicted molar refractivity (Wildman–Crippen MR) is 204 cm³/mol. The molecule has 3 aromatic carbocycles. The van der Waals surface area contributed by atoms with Gasteiger partial charge in [0.15, 0.2) is 5.78 Å². The summed E-state index contributed by atoms with van der Waals surface area (Å²) in [5.41, 5.74) is 6.75. The van der Waals surface area contributed by atoms with Crippen LogP contribution in [0.1, 0.15) is 130 Å². The summed E-state index contributed by atoms with van der Waals surface area (Å²) in [7, 11) is 0. The number of nitrogens with zero attached hydrogens (tertiary/aromatic N) is 2. The van der Waals surface area contributed by atoms with E-state index in [1.165, 1.54) is 65.6 Å². The molecule has 5 heteroatoms. The Morgan fingerprint density at radius 1 is 0.898 bits per heavy atom. The maximum Gasteiger partial charge on any atom is 0.164 e. The zero-order valence-electron chi connectivity index (χ0n) is 31.9. The second-order valence-electron chi connectivity index (χ2n) is 16.9. The molecule has 1 aromatic heterocycles. The van der Waals surface area contributed by atoms with Crippen molar-refractivity contribution in [3.05, 3.63) is 82.9 Å². The minimum Gasteiger partial charge on any atom is -0.512 e. The molecule has 1 fully saturated rings. The maximum absolute atomic E-state index is 11.5. The van der Waals surface area contributed by atoms with Gasteiger partial charge in [0.25, 0.3) is 0 Å². The van der Waals surface area contributed by atoms with Gasteiger partial charge in [-0.2, -0.15) is 0 Å². The van der Waals surface area contributed by atoms with Gasteiger partial charge in [-0.3, -0.25) is 9.78 Å². The number of hydrogen-bond acceptors (Lipinski definition) is 4. The molecule has 4 nitrogen and oxygen atoms in total. The van der Waals surface area contributed by atoms with E-state index in [4.69, 9.17) is 9.97 Å². The zero-order chi connectivity index (χ0) is 35.4. The van der Waals surface area contributed by atoms with Crippen molar-refractivity contribution < 1.29 is 30.0 Å². The van der Waals surface area contributed by atoms with Gasteiger partial charge in [0.2, 0.25) is 0 Å². The summed E-state index contributed by atoms with van der Waals surface area (Å²) >= 11 is 0. The average molecular weight is 840 g/mol. The number of fused-ring (bicyclic) bond motifs is 3.